The van der Waals surface area contributed by atoms with Gasteiger partial charge < -0.3 is 10.2 Å². The molecule has 0 radical (unpaired) electrons. The van der Waals surface area contributed by atoms with E-state index >= 15 is 0 Å². The number of carbonyl (C=O) groups is 2. The third-order valence-corrected chi connectivity index (χ3v) is 8.11. The molecule has 9 heteroatoms. The minimum Gasteiger partial charge on any atom is -0.326 e. The molecule has 0 bridgehead atoms. The van der Waals surface area contributed by atoms with Crippen LogP contribution in [-0.4, -0.2) is 44.2 Å². The molecule has 0 unspecified atom stereocenters. The maximum absolute atomic E-state index is 12.7. The normalized spacial score (nSPS) is 19.7. The number of nitrogens with one attached hydrogen (secondary N) is 1. The fourth-order valence-electron chi connectivity index (χ4n) is 3.91. The van der Waals surface area contributed by atoms with Crippen molar-refractivity contribution in [2.24, 2.45) is 5.92 Å². The van der Waals surface area contributed by atoms with Gasteiger partial charge in [0.15, 0.2) is 0 Å². The molecular formula is C22H24ClN3O4S. The lowest BCUT2D eigenvalue weighted by Gasteiger charge is -2.18. The number of hydrogen-bond donors (Lipinski definition) is 1. The van der Waals surface area contributed by atoms with E-state index in [0.29, 0.717) is 29.5 Å². The highest BCUT2D eigenvalue weighted by molar-refractivity contribution is 7.89. The zero-order valence-corrected chi connectivity index (χ0v) is 18.7. The van der Waals surface area contributed by atoms with Crippen LogP contribution in [0.3, 0.4) is 0 Å². The molecule has 2 aliphatic heterocycles. The Hall–Kier alpha value is -2.42. The molecule has 2 aromatic rings. The van der Waals surface area contributed by atoms with Crippen molar-refractivity contribution in [1.82, 2.24) is 4.31 Å². The average molecular weight is 462 g/mol. The average Bonchev–Trinajstić information content (AvgIpc) is 3.41. The molecule has 0 spiro atoms. The summed E-state index contributed by atoms with van der Waals surface area (Å²) in [6.07, 6.45) is 1.86. The predicted molar refractivity (Wildman–Crippen MR) is 120 cm³/mol. The molecule has 0 saturated carbocycles. The van der Waals surface area contributed by atoms with Gasteiger partial charge in [0.05, 0.1) is 10.8 Å². The van der Waals surface area contributed by atoms with Gasteiger partial charge >= 0.3 is 0 Å². The number of anilines is 2. The first-order valence-corrected chi connectivity index (χ1v) is 12.0. The van der Waals surface area contributed by atoms with Crippen molar-refractivity contribution < 1.29 is 18.0 Å². The molecular weight excluding hydrogens is 438 g/mol. The minimum absolute atomic E-state index is 0.110. The largest absolute Gasteiger partial charge is 0.326 e. The smallest absolute Gasteiger partial charge is 0.243 e. The molecule has 2 aromatic carbocycles. The Morgan fingerprint density at radius 3 is 2.42 bits per heavy atom. The number of benzene rings is 2. The van der Waals surface area contributed by atoms with Crippen molar-refractivity contribution in [3.8, 4) is 0 Å². The van der Waals surface area contributed by atoms with Gasteiger partial charge in [-0.25, -0.2) is 8.42 Å². The van der Waals surface area contributed by atoms with Gasteiger partial charge in [0.25, 0.3) is 0 Å². The van der Waals surface area contributed by atoms with Gasteiger partial charge in [0.2, 0.25) is 21.8 Å². The lowest BCUT2D eigenvalue weighted by molar-refractivity contribution is -0.122. The Morgan fingerprint density at radius 1 is 1.10 bits per heavy atom. The van der Waals surface area contributed by atoms with Crippen LogP contribution in [0.1, 0.15) is 24.8 Å². The standard InChI is InChI=1S/C22H24ClN3O4S/c1-15-4-7-18(13-20(15)23)26-14-16(12-21(26)27)22(28)24-17-5-8-19(9-6-17)31(29,30)25-10-2-3-11-25/h4-9,13,16H,2-3,10-12,14H2,1H3,(H,24,28)/t16-/m1/s1. The Kier molecular flexibility index (Phi) is 6.05. The van der Waals surface area contributed by atoms with Crippen molar-refractivity contribution in [1.29, 1.82) is 0 Å². The van der Waals surface area contributed by atoms with E-state index < -0.39 is 15.9 Å². The molecule has 7 nitrogen and oxygen atoms in total. The van der Waals surface area contributed by atoms with Crippen molar-refractivity contribution in [2.75, 3.05) is 29.9 Å². The lowest BCUT2D eigenvalue weighted by Crippen LogP contribution is -2.28. The SMILES string of the molecule is Cc1ccc(N2C[C@H](C(=O)Nc3ccc(S(=O)(=O)N4CCCC4)cc3)CC2=O)cc1Cl. The van der Waals surface area contributed by atoms with Gasteiger partial charge in [-0.2, -0.15) is 4.31 Å². The number of sulfonamides is 1. The minimum atomic E-state index is -3.49. The first-order chi connectivity index (χ1) is 14.8. The summed E-state index contributed by atoms with van der Waals surface area (Å²) in [7, 11) is -3.49. The molecule has 1 atom stereocenters. The zero-order valence-electron chi connectivity index (χ0n) is 17.2. The fourth-order valence-corrected chi connectivity index (χ4v) is 5.61. The highest BCUT2D eigenvalue weighted by Crippen LogP contribution is 2.29. The number of halogens is 1. The number of carbonyl (C=O) groups excluding carboxylic acids is 2. The first-order valence-electron chi connectivity index (χ1n) is 10.2. The Morgan fingerprint density at radius 2 is 1.77 bits per heavy atom. The van der Waals surface area contributed by atoms with Gasteiger partial charge in [0, 0.05) is 42.5 Å². The predicted octanol–water partition coefficient (Wildman–Crippen LogP) is 3.42. The summed E-state index contributed by atoms with van der Waals surface area (Å²) in [5, 5.41) is 3.36. The summed E-state index contributed by atoms with van der Waals surface area (Å²) in [4.78, 5) is 26.9. The highest BCUT2D eigenvalue weighted by Gasteiger charge is 2.35. The molecule has 0 aliphatic carbocycles. The van der Waals surface area contributed by atoms with Crippen molar-refractivity contribution >= 4 is 44.8 Å². The monoisotopic (exact) mass is 461 g/mol. The summed E-state index contributed by atoms with van der Waals surface area (Å²) >= 11 is 6.17. The second kappa shape index (κ2) is 8.61. The molecule has 31 heavy (non-hydrogen) atoms. The number of rotatable bonds is 5. The van der Waals surface area contributed by atoms with E-state index in [2.05, 4.69) is 5.32 Å². The zero-order chi connectivity index (χ0) is 22.2. The summed E-state index contributed by atoms with van der Waals surface area (Å²) in [6, 6.07) is 11.6. The lowest BCUT2D eigenvalue weighted by atomic mass is 10.1. The van der Waals surface area contributed by atoms with Crippen molar-refractivity contribution in [3.63, 3.8) is 0 Å². The van der Waals surface area contributed by atoms with E-state index in [4.69, 9.17) is 11.6 Å². The highest BCUT2D eigenvalue weighted by atomic mass is 35.5. The van der Waals surface area contributed by atoms with Crippen molar-refractivity contribution in [3.05, 3.63) is 53.1 Å². The van der Waals surface area contributed by atoms with E-state index in [1.807, 2.05) is 19.1 Å². The second-order valence-electron chi connectivity index (χ2n) is 7.96. The summed E-state index contributed by atoms with van der Waals surface area (Å²) in [6.45, 7) is 3.24. The van der Waals surface area contributed by atoms with E-state index in [0.717, 1.165) is 18.4 Å². The number of amides is 2. The Balaban J connectivity index is 1.41. The summed E-state index contributed by atoms with van der Waals surface area (Å²) in [5.41, 5.74) is 2.09. The van der Waals surface area contributed by atoms with Crippen LogP contribution in [-0.2, 0) is 19.6 Å². The van der Waals surface area contributed by atoms with Crippen LogP contribution in [0.5, 0.6) is 0 Å². The molecule has 2 fully saturated rings. The number of nitrogens with zero attached hydrogens (tertiary/aromatic N) is 2. The van der Waals surface area contributed by atoms with Gasteiger partial charge in [-0.15, -0.1) is 0 Å². The quantitative estimate of drug-likeness (QED) is 0.739. The van der Waals surface area contributed by atoms with Crippen LogP contribution in [0.25, 0.3) is 0 Å². The molecule has 2 heterocycles. The van der Waals surface area contributed by atoms with E-state index in [9.17, 15) is 18.0 Å². The first kappa shape index (κ1) is 21.8. The van der Waals surface area contributed by atoms with Crippen LogP contribution >= 0.6 is 11.6 Å². The summed E-state index contributed by atoms with van der Waals surface area (Å²) < 4.78 is 26.7. The van der Waals surface area contributed by atoms with Gasteiger partial charge in [0.1, 0.15) is 0 Å². The van der Waals surface area contributed by atoms with Crippen LogP contribution in [0.4, 0.5) is 11.4 Å². The molecule has 2 saturated heterocycles. The molecule has 0 aromatic heterocycles. The van der Waals surface area contributed by atoms with E-state index in [1.54, 1.807) is 23.1 Å². The maximum Gasteiger partial charge on any atom is 0.243 e. The topological polar surface area (TPSA) is 86.8 Å². The van der Waals surface area contributed by atoms with Crippen LogP contribution in [0.15, 0.2) is 47.4 Å². The number of aryl methyl sites for hydroxylation is 1. The summed E-state index contributed by atoms with van der Waals surface area (Å²) in [5.74, 6) is -0.906. The Bertz CT molecular complexity index is 1110. The van der Waals surface area contributed by atoms with E-state index in [-0.39, 0.29) is 29.7 Å². The van der Waals surface area contributed by atoms with Gasteiger partial charge in [-0.1, -0.05) is 17.7 Å². The third-order valence-electron chi connectivity index (χ3n) is 5.79. The fraction of sp³-hybridized carbons (Fsp3) is 0.364. The van der Waals surface area contributed by atoms with Crippen molar-refractivity contribution in [2.45, 2.75) is 31.1 Å². The second-order valence-corrected chi connectivity index (χ2v) is 10.3. The molecule has 2 amide bonds. The maximum atomic E-state index is 12.7. The van der Waals surface area contributed by atoms with Crippen LogP contribution in [0.2, 0.25) is 5.02 Å². The molecule has 2 aliphatic rings. The third kappa shape index (κ3) is 4.46. The molecule has 1 N–H and O–H groups in total. The van der Waals surface area contributed by atoms with Gasteiger partial charge in [-0.05, 0) is 61.7 Å². The van der Waals surface area contributed by atoms with E-state index in [1.165, 1.54) is 16.4 Å². The Labute approximate surface area is 187 Å². The number of hydrogen-bond acceptors (Lipinski definition) is 4. The molecule has 164 valence electrons. The molecule has 4 rings (SSSR count). The van der Waals surface area contributed by atoms with Crippen LogP contribution in [0, 0.1) is 12.8 Å². The van der Waals surface area contributed by atoms with Gasteiger partial charge in [-0.3, -0.25) is 9.59 Å². The van der Waals surface area contributed by atoms with Crippen LogP contribution < -0.4 is 10.2 Å².